The number of amides is 1. The Hall–Kier alpha value is -2.42. The summed E-state index contributed by atoms with van der Waals surface area (Å²) < 4.78 is 7.23. The van der Waals surface area contributed by atoms with E-state index < -0.39 is 0 Å². The predicted octanol–water partition coefficient (Wildman–Crippen LogP) is 5.12. The summed E-state index contributed by atoms with van der Waals surface area (Å²) in [7, 11) is 0. The van der Waals surface area contributed by atoms with Gasteiger partial charge in [0.2, 0.25) is 0 Å². The minimum Gasteiger partial charge on any atom is -0.379 e. The first-order chi connectivity index (χ1) is 16.1. The maximum absolute atomic E-state index is 13.0. The zero-order chi connectivity index (χ0) is 22.8. The molecule has 0 unspecified atom stereocenters. The van der Waals surface area contributed by atoms with Crippen molar-refractivity contribution in [2.45, 2.75) is 0 Å². The molecule has 4 aromatic rings. The summed E-state index contributed by atoms with van der Waals surface area (Å²) in [6.45, 7) is 4.58. The third-order valence-corrected chi connectivity index (χ3v) is 7.51. The summed E-state index contributed by atoms with van der Waals surface area (Å²) in [5.41, 5.74) is 2.51. The molecule has 33 heavy (non-hydrogen) atoms. The van der Waals surface area contributed by atoms with Crippen LogP contribution in [0.25, 0.3) is 27.2 Å². The Morgan fingerprint density at radius 1 is 1.06 bits per heavy atom. The summed E-state index contributed by atoms with van der Waals surface area (Å²) in [6, 6.07) is 17.3. The van der Waals surface area contributed by atoms with E-state index in [1.165, 1.54) is 11.3 Å². The van der Waals surface area contributed by atoms with Crippen molar-refractivity contribution < 1.29 is 9.53 Å². The van der Waals surface area contributed by atoms with E-state index in [4.69, 9.17) is 33.0 Å². The number of nitrogens with one attached hydrogen (secondary N) is 1. The van der Waals surface area contributed by atoms with Gasteiger partial charge in [-0.25, -0.2) is 4.68 Å². The lowest BCUT2D eigenvalue weighted by Gasteiger charge is -2.26. The second-order valence-corrected chi connectivity index (χ2v) is 9.55. The van der Waals surface area contributed by atoms with Gasteiger partial charge in [-0.3, -0.25) is 9.69 Å². The van der Waals surface area contributed by atoms with E-state index in [9.17, 15) is 4.79 Å². The zero-order valence-electron chi connectivity index (χ0n) is 17.8. The van der Waals surface area contributed by atoms with E-state index in [-0.39, 0.29) is 5.91 Å². The quantitative estimate of drug-likeness (QED) is 0.399. The second kappa shape index (κ2) is 9.83. The predicted molar refractivity (Wildman–Crippen MR) is 134 cm³/mol. The van der Waals surface area contributed by atoms with E-state index >= 15 is 0 Å². The molecular formula is C24H22Cl2N4O2S. The minimum atomic E-state index is -0.170. The van der Waals surface area contributed by atoms with Gasteiger partial charge in [0, 0.05) is 36.8 Å². The third-order valence-electron chi connectivity index (χ3n) is 5.60. The molecule has 1 N–H and O–H groups in total. The van der Waals surface area contributed by atoms with Crippen LogP contribution in [0.5, 0.6) is 0 Å². The molecule has 170 valence electrons. The van der Waals surface area contributed by atoms with Gasteiger partial charge in [0.15, 0.2) is 0 Å². The molecule has 0 radical (unpaired) electrons. The Morgan fingerprint density at radius 2 is 1.79 bits per heavy atom. The normalized spacial score (nSPS) is 14.6. The van der Waals surface area contributed by atoms with Crippen molar-refractivity contribution >= 4 is 50.7 Å². The summed E-state index contributed by atoms with van der Waals surface area (Å²) in [4.78, 5) is 16.6. The average Bonchev–Trinajstić information content (AvgIpc) is 3.39. The number of ether oxygens (including phenoxy) is 1. The number of carbonyl (C=O) groups is 1. The molecule has 1 aliphatic heterocycles. The van der Waals surface area contributed by atoms with Crippen molar-refractivity contribution in [1.82, 2.24) is 20.0 Å². The Labute approximate surface area is 205 Å². The topological polar surface area (TPSA) is 59.4 Å². The van der Waals surface area contributed by atoms with Gasteiger partial charge in [0.05, 0.1) is 29.3 Å². The lowest BCUT2D eigenvalue weighted by molar-refractivity contribution is 0.0383. The van der Waals surface area contributed by atoms with Gasteiger partial charge in [0.25, 0.3) is 5.91 Å². The maximum atomic E-state index is 13.0. The van der Waals surface area contributed by atoms with Crippen LogP contribution >= 0.6 is 34.5 Å². The van der Waals surface area contributed by atoms with Gasteiger partial charge in [-0.2, -0.15) is 5.10 Å². The number of rotatable bonds is 6. The van der Waals surface area contributed by atoms with Crippen LogP contribution in [-0.4, -0.2) is 60.0 Å². The standard InChI is InChI=1S/C24H22Cl2N4O2S/c25-17-8-6-16(7-9-17)21-19-20(26)22(23(31)27-10-11-29-12-14-32-15-13-29)33-24(19)30(28-21)18-4-2-1-3-5-18/h1-9H,10-15H2,(H,27,31). The van der Waals surface area contributed by atoms with Gasteiger partial charge >= 0.3 is 0 Å². The SMILES string of the molecule is O=C(NCCN1CCOCC1)c1sc2c(c(-c3ccc(Cl)cc3)nn2-c2ccccc2)c1Cl. The van der Waals surface area contributed by atoms with Crippen LogP contribution in [0.4, 0.5) is 0 Å². The van der Waals surface area contributed by atoms with Crippen LogP contribution in [0.2, 0.25) is 10.0 Å². The van der Waals surface area contributed by atoms with Gasteiger partial charge < -0.3 is 10.1 Å². The number of hydrogen-bond donors (Lipinski definition) is 1. The van der Waals surface area contributed by atoms with E-state index in [0.717, 1.165) is 60.0 Å². The highest BCUT2D eigenvalue weighted by molar-refractivity contribution is 7.21. The van der Waals surface area contributed by atoms with E-state index in [0.29, 0.717) is 21.5 Å². The summed E-state index contributed by atoms with van der Waals surface area (Å²) in [5, 5.41) is 9.71. The van der Waals surface area contributed by atoms with Gasteiger partial charge in [-0.1, -0.05) is 53.5 Å². The molecule has 1 fully saturated rings. The Bertz CT molecular complexity index is 1270. The molecule has 5 rings (SSSR count). The van der Waals surface area contributed by atoms with E-state index in [1.807, 2.05) is 59.3 Å². The summed E-state index contributed by atoms with van der Waals surface area (Å²) in [5.74, 6) is -0.170. The molecule has 9 heteroatoms. The number of morpholine rings is 1. The first-order valence-electron chi connectivity index (χ1n) is 10.7. The highest BCUT2D eigenvalue weighted by Gasteiger charge is 2.25. The number of benzene rings is 2. The molecule has 0 saturated carbocycles. The van der Waals surface area contributed by atoms with Gasteiger partial charge in [-0.05, 0) is 24.3 Å². The number of thiophene rings is 1. The Morgan fingerprint density at radius 3 is 2.52 bits per heavy atom. The molecule has 1 aliphatic rings. The van der Waals surface area contributed by atoms with E-state index in [1.54, 1.807) is 0 Å². The number of hydrogen-bond acceptors (Lipinski definition) is 5. The molecule has 1 amide bonds. The molecule has 6 nitrogen and oxygen atoms in total. The van der Waals surface area contributed by atoms with Crippen molar-refractivity contribution in [2.24, 2.45) is 0 Å². The van der Waals surface area contributed by atoms with Crippen LogP contribution in [0, 0.1) is 0 Å². The van der Waals surface area contributed by atoms with Crippen molar-refractivity contribution in [3.05, 3.63) is 69.5 Å². The molecule has 1 saturated heterocycles. The third kappa shape index (κ3) is 4.65. The number of fused-ring (bicyclic) bond motifs is 1. The van der Waals surface area contributed by atoms with Gasteiger partial charge in [-0.15, -0.1) is 11.3 Å². The van der Waals surface area contributed by atoms with Crippen LogP contribution in [-0.2, 0) is 4.74 Å². The number of carbonyl (C=O) groups excluding carboxylic acids is 1. The molecule has 2 aromatic carbocycles. The van der Waals surface area contributed by atoms with Crippen molar-refractivity contribution in [3.8, 4) is 16.9 Å². The number of para-hydroxylation sites is 1. The molecule has 2 aromatic heterocycles. The fraction of sp³-hybridized carbons (Fsp3) is 0.250. The number of halogens is 2. The summed E-state index contributed by atoms with van der Waals surface area (Å²) >= 11 is 14.3. The van der Waals surface area contributed by atoms with E-state index in [2.05, 4.69) is 10.2 Å². The highest BCUT2D eigenvalue weighted by atomic mass is 35.5. The highest BCUT2D eigenvalue weighted by Crippen LogP contribution is 2.42. The van der Waals surface area contributed by atoms with Crippen LogP contribution in [0.3, 0.4) is 0 Å². The summed E-state index contributed by atoms with van der Waals surface area (Å²) in [6.07, 6.45) is 0. The molecule has 3 heterocycles. The van der Waals surface area contributed by atoms with Crippen LogP contribution in [0.1, 0.15) is 9.67 Å². The fourth-order valence-corrected chi connectivity index (χ4v) is 5.53. The lowest BCUT2D eigenvalue weighted by atomic mass is 10.1. The van der Waals surface area contributed by atoms with Crippen molar-refractivity contribution in [3.63, 3.8) is 0 Å². The second-order valence-electron chi connectivity index (χ2n) is 7.74. The molecule has 0 aliphatic carbocycles. The average molecular weight is 501 g/mol. The van der Waals surface area contributed by atoms with Crippen molar-refractivity contribution in [2.75, 3.05) is 39.4 Å². The monoisotopic (exact) mass is 500 g/mol. The minimum absolute atomic E-state index is 0.170. The molecule has 0 bridgehead atoms. The first-order valence-corrected chi connectivity index (χ1v) is 12.3. The maximum Gasteiger partial charge on any atom is 0.263 e. The Kier molecular flexibility index (Phi) is 6.66. The lowest BCUT2D eigenvalue weighted by Crippen LogP contribution is -2.41. The van der Waals surface area contributed by atoms with Crippen molar-refractivity contribution in [1.29, 1.82) is 0 Å². The first kappa shape index (κ1) is 22.4. The van der Waals surface area contributed by atoms with Crippen LogP contribution in [0.15, 0.2) is 54.6 Å². The number of aromatic nitrogens is 2. The molecular weight excluding hydrogens is 479 g/mol. The zero-order valence-corrected chi connectivity index (χ0v) is 20.1. The van der Waals surface area contributed by atoms with Crippen LogP contribution < -0.4 is 5.32 Å². The Balaban J connectivity index is 1.49. The molecule has 0 atom stereocenters. The van der Waals surface area contributed by atoms with Gasteiger partial charge in [0.1, 0.15) is 15.4 Å². The molecule has 0 spiro atoms. The smallest absolute Gasteiger partial charge is 0.263 e. The number of nitrogens with zero attached hydrogens (tertiary/aromatic N) is 3. The largest absolute Gasteiger partial charge is 0.379 e. The fourth-order valence-electron chi connectivity index (χ4n) is 3.88.